The summed E-state index contributed by atoms with van der Waals surface area (Å²) in [7, 11) is 0. The Morgan fingerprint density at radius 3 is 2.63 bits per heavy atom. The zero-order valence-corrected chi connectivity index (χ0v) is 9.81. The fourth-order valence-corrected chi connectivity index (χ4v) is 1.72. The van der Waals surface area contributed by atoms with Crippen molar-refractivity contribution in [1.82, 2.24) is 0 Å². The third kappa shape index (κ3) is 2.54. The van der Waals surface area contributed by atoms with Crippen LogP contribution in [0.1, 0.15) is 0 Å². The number of nitrogens with two attached hydrogens (primary N) is 1. The summed E-state index contributed by atoms with van der Waals surface area (Å²) in [4.78, 5) is 10.5. The molecule has 0 amide bonds. The number of nitrogens with zero attached hydrogens (tertiary/aromatic N) is 2. The summed E-state index contributed by atoms with van der Waals surface area (Å²) in [6.45, 7) is -0.0989. The van der Waals surface area contributed by atoms with Gasteiger partial charge in [0.2, 0.25) is 0 Å². The van der Waals surface area contributed by atoms with Gasteiger partial charge in [-0.3, -0.25) is 10.1 Å². The summed E-state index contributed by atoms with van der Waals surface area (Å²) in [5.74, 6) is 0.357. The molecule has 0 bridgehead atoms. The second-order valence-electron chi connectivity index (χ2n) is 3.77. The Balaban J connectivity index is 2.47. The third-order valence-corrected chi connectivity index (χ3v) is 2.56. The number of benzene rings is 2. The summed E-state index contributed by atoms with van der Waals surface area (Å²) in [6, 6.07) is 9.67. The number of ether oxygens (including phenoxy) is 1. The molecular weight excluding hydrogens is 250 g/mol. The Morgan fingerprint density at radius 2 is 2.00 bits per heavy atom. The van der Waals surface area contributed by atoms with Gasteiger partial charge in [-0.1, -0.05) is 23.4 Å². The highest BCUT2D eigenvalue weighted by atomic mass is 16.6. The summed E-state index contributed by atoms with van der Waals surface area (Å²) < 4.78 is 5.37. The van der Waals surface area contributed by atoms with Crippen LogP contribution < -0.4 is 10.5 Å². The van der Waals surface area contributed by atoms with Gasteiger partial charge in [-0.15, -0.1) is 0 Å². The quantitative estimate of drug-likeness (QED) is 0.287. The lowest BCUT2D eigenvalue weighted by atomic mass is 10.1. The fraction of sp³-hybridized carbons (Fsp3) is 0.0833. The van der Waals surface area contributed by atoms with Crippen LogP contribution in [0.2, 0.25) is 0 Å². The van der Waals surface area contributed by atoms with E-state index in [9.17, 15) is 10.1 Å². The molecule has 7 heteroatoms. The van der Waals surface area contributed by atoms with E-state index in [2.05, 4.69) is 5.16 Å². The van der Waals surface area contributed by atoms with Gasteiger partial charge in [0.1, 0.15) is 12.4 Å². The molecule has 0 aliphatic heterocycles. The first kappa shape index (κ1) is 12.6. The van der Waals surface area contributed by atoms with E-state index in [0.717, 1.165) is 0 Å². The summed E-state index contributed by atoms with van der Waals surface area (Å²) in [6.07, 6.45) is 0. The second kappa shape index (κ2) is 5.21. The molecule has 0 aliphatic rings. The number of nitro benzene ring substituents is 1. The average molecular weight is 261 g/mol. The topological polar surface area (TPSA) is 111 Å². The third-order valence-electron chi connectivity index (χ3n) is 2.56. The van der Waals surface area contributed by atoms with Gasteiger partial charge >= 0.3 is 0 Å². The molecule has 98 valence electrons. The van der Waals surface area contributed by atoms with Gasteiger partial charge in [0.15, 0.2) is 5.84 Å². The predicted octanol–water partition coefficient (Wildman–Crippen LogP) is 1.87. The second-order valence-corrected chi connectivity index (χ2v) is 3.77. The van der Waals surface area contributed by atoms with Gasteiger partial charge in [-0.05, 0) is 12.1 Å². The maximum absolute atomic E-state index is 10.9. The van der Waals surface area contributed by atoms with Crippen molar-refractivity contribution >= 4 is 22.3 Å². The first-order chi connectivity index (χ1) is 9.13. The molecule has 0 heterocycles. The molecule has 2 aromatic rings. The summed E-state index contributed by atoms with van der Waals surface area (Å²) in [5, 5.41) is 23.2. The van der Waals surface area contributed by atoms with Crippen molar-refractivity contribution in [3.8, 4) is 5.75 Å². The SMILES string of the molecule is NC(COc1ccc([N+](=O)[O-])c2ccccc12)=NO. The minimum Gasteiger partial charge on any atom is -0.485 e. The number of nitro groups is 1. The van der Waals surface area contributed by atoms with E-state index in [-0.39, 0.29) is 18.1 Å². The van der Waals surface area contributed by atoms with E-state index < -0.39 is 4.92 Å². The number of fused-ring (bicyclic) bond motifs is 1. The maximum Gasteiger partial charge on any atom is 0.277 e. The molecule has 7 nitrogen and oxygen atoms in total. The van der Waals surface area contributed by atoms with Crippen LogP contribution in [-0.4, -0.2) is 22.6 Å². The van der Waals surface area contributed by atoms with E-state index in [0.29, 0.717) is 16.5 Å². The average Bonchev–Trinajstić information content (AvgIpc) is 2.43. The van der Waals surface area contributed by atoms with Crippen molar-refractivity contribution in [1.29, 1.82) is 0 Å². The maximum atomic E-state index is 10.9. The van der Waals surface area contributed by atoms with Gasteiger partial charge in [-0.25, -0.2) is 0 Å². The number of non-ortho nitro benzene ring substituents is 1. The van der Waals surface area contributed by atoms with Crippen LogP contribution in [0.4, 0.5) is 5.69 Å². The van der Waals surface area contributed by atoms with Crippen molar-refractivity contribution < 1.29 is 14.9 Å². The fourth-order valence-electron chi connectivity index (χ4n) is 1.72. The normalized spacial score (nSPS) is 11.5. The first-order valence-electron chi connectivity index (χ1n) is 5.39. The molecule has 3 N–H and O–H groups in total. The molecule has 0 saturated carbocycles. The molecule has 0 saturated heterocycles. The van der Waals surface area contributed by atoms with E-state index in [1.54, 1.807) is 24.3 Å². The zero-order chi connectivity index (χ0) is 13.8. The molecule has 0 unspecified atom stereocenters. The van der Waals surface area contributed by atoms with Gasteiger partial charge in [0, 0.05) is 11.5 Å². The Bertz CT molecular complexity index is 654. The Labute approximate surface area is 108 Å². The van der Waals surface area contributed by atoms with Crippen LogP contribution in [0.3, 0.4) is 0 Å². The molecule has 19 heavy (non-hydrogen) atoms. The van der Waals surface area contributed by atoms with Crippen molar-refractivity contribution in [2.45, 2.75) is 0 Å². The Morgan fingerprint density at radius 1 is 1.32 bits per heavy atom. The van der Waals surface area contributed by atoms with Crippen LogP contribution in [0.25, 0.3) is 10.8 Å². The number of oxime groups is 1. The van der Waals surface area contributed by atoms with Crippen LogP contribution in [0.15, 0.2) is 41.6 Å². The number of rotatable bonds is 4. The molecule has 0 fully saturated rings. The minimum absolute atomic E-state index is 0.00625. The smallest absolute Gasteiger partial charge is 0.277 e. The molecular formula is C12H11N3O4. The lowest BCUT2D eigenvalue weighted by molar-refractivity contribution is -0.383. The predicted molar refractivity (Wildman–Crippen MR) is 69.5 cm³/mol. The van der Waals surface area contributed by atoms with Crippen LogP contribution in [0, 0.1) is 10.1 Å². The van der Waals surface area contributed by atoms with Crippen molar-refractivity contribution in [2.24, 2.45) is 10.9 Å². The van der Waals surface area contributed by atoms with Gasteiger partial charge < -0.3 is 15.7 Å². The highest BCUT2D eigenvalue weighted by Crippen LogP contribution is 2.32. The van der Waals surface area contributed by atoms with Gasteiger partial charge in [-0.2, -0.15) is 0 Å². The van der Waals surface area contributed by atoms with Crippen molar-refractivity contribution in [3.05, 3.63) is 46.5 Å². The molecule has 0 aliphatic carbocycles. The lowest BCUT2D eigenvalue weighted by Crippen LogP contribution is -2.20. The molecule has 0 radical (unpaired) electrons. The van der Waals surface area contributed by atoms with Crippen LogP contribution in [0.5, 0.6) is 5.75 Å². The van der Waals surface area contributed by atoms with Crippen LogP contribution >= 0.6 is 0 Å². The van der Waals surface area contributed by atoms with E-state index >= 15 is 0 Å². The number of hydrogen-bond acceptors (Lipinski definition) is 5. The van der Waals surface area contributed by atoms with Crippen LogP contribution in [-0.2, 0) is 0 Å². The molecule has 0 spiro atoms. The highest BCUT2D eigenvalue weighted by molar-refractivity contribution is 5.95. The van der Waals surface area contributed by atoms with Crippen molar-refractivity contribution in [2.75, 3.05) is 6.61 Å². The number of amidine groups is 1. The van der Waals surface area contributed by atoms with E-state index in [1.165, 1.54) is 12.1 Å². The molecule has 0 aromatic heterocycles. The number of hydrogen-bond donors (Lipinski definition) is 2. The standard InChI is InChI=1S/C12H11N3O4/c13-12(14-16)7-19-11-6-5-10(15(17)18)8-3-1-2-4-9(8)11/h1-6,16H,7H2,(H2,13,14). The summed E-state index contributed by atoms with van der Waals surface area (Å²) in [5.41, 5.74) is 5.32. The van der Waals surface area contributed by atoms with Gasteiger partial charge in [0.25, 0.3) is 5.69 Å². The Hall–Kier alpha value is -2.83. The monoisotopic (exact) mass is 261 g/mol. The Kier molecular flexibility index (Phi) is 3.46. The first-order valence-corrected chi connectivity index (χ1v) is 5.39. The van der Waals surface area contributed by atoms with E-state index in [4.69, 9.17) is 15.7 Å². The minimum atomic E-state index is -0.449. The largest absolute Gasteiger partial charge is 0.485 e. The van der Waals surface area contributed by atoms with E-state index in [1.807, 2.05) is 0 Å². The summed E-state index contributed by atoms with van der Waals surface area (Å²) >= 11 is 0. The van der Waals surface area contributed by atoms with Crippen molar-refractivity contribution in [3.63, 3.8) is 0 Å². The molecule has 2 rings (SSSR count). The highest BCUT2D eigenvalue weighted by Gasteiger charge is 2.14. The molecule has 2 aromatic carbocycles. The molecule has 0 atom stereocenters. The zero-order valence-electron chi connectivity index (χ0n) is 9.81. The lowest BCUT2D eigenvalue weighted by Gasteiger charge is -2.08. The van der Waals surface area contributed by atoms with Gasteiger partial charge in [0.05, 0.1) is 10.3 Å².